The first-order valence-corrected chi connectivity index (χ1v) is 6.19. The Morgan fingerprint density at radius 2 is 2.12 bits per heavy atom. The lowest BCUT2D eigenvalue weighted by molar-refractivity contribution is -0.137. The van der Waals surface area contributed by atoms with Crippen molar-refractivity contribution < 1.29 is 9.90 Å². The third-order valence-electron chi connectivity index (χ3n) is 2.22. The van der Waals surface area contributed by atoms with Crippen molar-refractivity contribution in [2.75, 3.05) is 11.9 Å². The van der Waals surface area contributed by atoms with E-state index in [0.717, 1.165) is 36.0 Å². The van der Waals surface area contributed by atoms with Crippen LogP contribution in [-0.2, 0) is 4.79 Å². The van der Waals surface area contributed by atoms with E-state index in [0.29, 0.717) is 0 Å². The maximum atomic E-state index is 10.3. The lowest BCUT2D eigenvalue weighted by Gasteiger charge is -2.06. The van der Waals surface area contributed by atoms with Crippen LogP contribution in [0.4, 0.5) is 5.69 Å². The molecule has 0 heterocycles. The minimum Gasteiger partial charge on any atom is -0.481 e. The molecule has 0 bridgehead atoms. The molecule has 0 aliphatic rings. The molecule has 1 aromatic carbocycles. The zero-order valence-electron chi connectivity index (χ0n) is 9.08. The summed E-state index contributed by atoms with van der Waals surface area (Å²) in [7, 11) is 0. The molecule has 1 aromatic rings. The lowest BCUT2D eigenvalue weighted by Crippen LogP contribution is -2.02. The molecule has 0 aliphatic carbocycles. The van der Waals surface area contributed by atoms with Crippen molar-refractivity contribution >= 4 is 27.6 Å². The van der Waals surface area contributed by atoms with Gasteiger partial charge in [-0.25, -0.2) is 0 Å². The number of carbonyl (C=O) groups is 1. The number of halogens is 1. The minimum absolute atomic E-state index is 0.275. The highest BCUT2D eigenvalue weighted by Crippen LogP contribution is 2.15. The van der Waals surface area contributed by atoms with E-state index in [1.54, 1.807) is 0 Å². The van der Waals surface area contributed by atoms with E-state index < -0.39 is 5.97 Å². The lowest BCUT2D eigenvalue weighted by atomic mass is 10.2. The van der Waals surface area contributed by atoms with Crippen molar-refractivity contribution in [3.05, 3.63) is 28.7 Å². The number of anilines is 1. The molecule has 88 valence electrons. The van der Waals surface area contributed by atoms with E-state index in [1.807, 2.05) is 24.3 Å². The molecular formula is C12H16BrNO2. The van der Waals surface area contributed by atoms with Crippen LogP contribution in [0.3, 0.4) is 0 Å². The first-order valence-electron chi connectivity index (χ1n) is 5.40. The summed E-state index contributed by atoms with van der Waals surface area (Å²) in [6.07, 6.45) is 2.99. The molecule has 0 unspecified atom stereocenters. The largest absolute Gasteiger partial charge is 0.481 e. The Kier molecular flexibility index (Phi) is 5.93. The Labute approximate surface area is 104 Å². The highest BCUT2D eigenvalue weighted by atomic mass is 79.9. The summed E-state index contributed by atoms with van der Waals surface area (Å²) in [6, 6.07) is 8.01. The summed E-state index contributed by atoms with van der Waals surface area (Å²) >= 11 is 3.41. The molecule has 4 heteroatoms. The highest BCUT2D eigenvalue weighted by molar-refractivity contribution is 9.10. The average Bonchev–Trinajstić information content (AvgIpc) is 2.23. The van der Waals surface area contributed by atoms with Gasteiger partial charge in [0.15, 0.2) is 0 Å². The van der Waals surface area contributed by atoms with E-state index in [-0.39, 0.29) is 6.42 Å². The summed E-state index contributed by atoms with van der Waals surface area (Å²) in [5, 5.41) is 11.8. The fourth-order valence-corrected chi connectivity index (χ4v) is 1.81. The Balaban J connectivity index is 2.09. The zero-order chi connectivity index (χ0) is 11.8. The van der Waals surface area contributed by atoms with E-state index in [2.05, 4.69) is 21.2 Å². The predicted molar refractivity (Wildman–Crippen MR) is 68.7 cm³/mol. The number of hydrogen-bond acceptors (Lipinski definition) is 2. The number of aliphatic carboxylic acids is 1. The molecule has 0 fully saturated rings. The topological polar surface area (TPSA) is 49.3 Å². The van der Waals surface area contributed by atoms with E-state index >= 15 is 0 Å². The van der Waals surface area contributed by atoms with Crippen LogP contribution in [-0.4, -0.2) is 17.6 Å². The smallest absolute Gasteiger partial charge is 0.303 e. The van der Waals surface area contributed by atoms with E-state index in [9.17, 15) is 4.79 Å². The van der Waals surface area contributed by atoms with Crippen molar-refractivity contribution in [2.24, 2.45) is 0 Å². The number of carboxylic acids is 1. The monoisotopic (exact) mass is 285 g/mol. The molecule has 1 rings (SSSR count). The standard InChI is InChI=1S/C12H16BrNO2/c13-10-5-4-6-11(9-10)14-8-3-1-2-7-12(15)16/h4-6,9,14H,1-3,7-8H2,(H,15,16). The quantitative estimate of drug-likeness (QED) is 0.754. The van der Waals surface area contributed by atoms with Crippen LogP contribution in [0.25, 0.3) is 0 Å². The molecule has 0 spiro atoms. The summed E-state index contributed by atoms with van der Waals surface area (Å²) in [5.74, 6) is -0.708. The van der Waals surface area contributed by atoms with Crippen molar-refractivity contribution in [3.8, 4) is 0 Å². The van der Waals surface area contributed by atoms with Gasteiger partial charge in [-0.05, 0) is 31.0 Å². The van der Waals surface area contributed by atoms with Gasteiger partial charge in [-0.3, -0.25) is 4.79 Å². The average molecular weight is 286 g/mol. The van der Waals surface area contributed by atoms with Gasteiger partial charge in [-0.2, -0.15) is 0 Å². The van der Waals surface area contributed by atoms with Gasteiger partial charge in [0.05, 0.1) is 0 Å². The summed E-state index contributed by atoms with van der Waals surface area (Å²) in [5.41, 5.74) is 1.09. The van der Waals surface area contributed by atoms with Gasteiger partial charge in [0.1, 0.15) is 0 Å². The van der Waals surface area contributed by atoms with Crippen LogP contribution in [0, 0.1) is 0 Å². The number of hydrogen-bond donors (Lipinski definition) is 2. The van der Waals surface area contributed by atoms with Crippen molar-refractivity contribution in [1.82, 2.24) is 0 Å². The summed E-state index contributed by atoms with van der Waals surface area (Å²) in [4.78, 5) is 10.3. The first kappa shape index (κ1) is 13.0. The SMILES string of the molecule is O=C(O)CCCCCNc1cccc(Br)c1. The van der Waals surface area contributed by atoms with Gasteiger partial charge in [0.2, 0.25) is 0 Å². The van der Waals surface area contributed by atoms with Gasteiger partial charge in [0.25, 0.3) is 0 Å². The number of carboxylic acid groups (broad SMARTS) is 1. The van der Waals surface area contributed by atoms with Crippen LogP contribution >= 0.6 is 15.9 Å². The van der Waals surface area contributed by atoms with E-state index in [4.69, 9.17) is 5.11 Å². The molecular weight excluding hydrogens is 270 g/mol. The molecule has 0 amide bonds. The van der Waals surface area contributed by atoms with Gasteiger partial charge in [-0.15, -0.1) is 0 Å². The number of nitrogens with one attached hydrogen (secondary N) is 1. The third-order valence-corrected chi connectivity index (χ3v) is 2.71. The van der Waals surface area contributed by atoms with E-state index in [1.165, 1.54) is 0 Å². The van der Waals surface area contributed by atoms with Crippen molar-refractivity contribution in [3.63, 3.8) is 0 Å². The van der Waals surface area contributed by atoms with Crippen LogP contribution in [0.5, 0.6) is 0 Å². The van der Waals surface area contributed by atoms with Crippen LogP contribution in [0.1, 0.15) is 25.7 Å². The molecule has 0 radical (unpaired) electrons. The van der Waals surface area contributed by atoms with Gasteiger partial charge < -0.3 is 10.4 Å². The zero-order valence-corrected chi connectivity index (χ0v) is 10.7. The molecule has 0 atom stereocenters. The van der Waals surface area contributed by atoms with Gasteiger partial charge in [-0.1, -0.05) is 28.4 Å². The van der Waals surface area contributed by atoms with Gasteiger partial charge >= 0.3 is 5.97 Å². The first-order chi connectivity index (χ1) is 7.68. The second kappa shape index (κ2) is 7.28. The molecule has 0 aromatic heterocycles. The molecule has 2 N–H and O–H groups in total. The minimum atomic E-state index is -0.708. The Bertz CT molecular complexity index is 342. The van der Waals surface area contributed by atoms with Gasteiger partial charge in [0, 0.05) is 23.1 Å². The molecule has 0 saturated heterocycles. The number of benzene rings is 1. The fourth-order valence-electron chi connectivity index (χ4n) is 1.41. The van der Waals surface area contributed by atoms with Crippen LogP contribution in [0.15, 0.2) is 28.7 Å². The van der Waals surface area contributed by atoms with Crippen LogP contribution in [0.2, 0.25) is 0 Å². The van der Waals surface area contributed by atoms with Crippen molar-refractivity contribution in [1.29, 1.82) is 0 Å². The summed E-state index contributed by atoms with van der Waals surface area (Å²) < 4.78 is 1.06. The Hall–Kier alpha value is -1.03. The Morgan fingerprint density at radius 3 is 2.81 bits per heavy atom. The molecule has 3 nitrogen and oxygen atoms in total. The number of rotatable bonds is 7. The molecule has 0 aliphatic heterocycles. The third kappa shape index (κ3) is 5.75. The van der Waals surface area contributed by atoms with Crippen LogP contribution < -0.4 is 5.32 Å². The number of unbranched alkanes of at least 4 members (excludes halogenated alkanes) is 2. The second-order valence-electron chi connectivity index (χ2n) is 3.64. The normalized spacial score (nSPS) is 10.1. The Morgan fingerprint density at radius 1 is 1.31 bits per heavy atom. The predicted octanol–water partition coefficient (Wildman–Crippen LogP) is 3.51. The maximum Gasteiger partial charge on any atom is 0.303 e. The summed E-state index contributed by atoms with van der Waals surface area (Å²) in [6.45, 7) is 0.885. The fraction of sp³-hybridized carbons (Fsp3) is 0.417. The maximum absolute atomic E-state index is 10.3. The van der Waals surface area contributed by atoms with Crippen molar-refractivity contribution in [2.45, 2.75) is 25.7 Å². The molecule has 16 heavy (non-hydrogen) atoms. The second-order valence-corrected chi connectivity index (χ2v) is 4.56. The molecule has 0 saturated carbocycles. The highest BCUT2D eigenvalue weighted by Gasteiger charge is 1.96.